The molecular formula is C17H21N3O3S2. The van der Waals surface area contributed by atoms with Crippen LogP contribution in [-0.2, 0) is 21.4 Å². The van der Waals surface area contributed by atoms with Crippen LogP contribution in [0.15, 0.2) is 35.8 Å². The van der Waals surface area contributed by atoms with E-state index < -0.39 is 10.0 Å². The normalized spacial score (nSPS) is 16.7. The van der Waals surface area contributed by atoms with Crippen molar-refractivity contribution in [2.45, 2.75) is 19.4 Å². The summed E-state index contributed by atoms with van der Waals surface area (Å²) >= 11 is 1.63. The number of carbonyl (C=O) groups is 1. The summed E-state index contributed by atoms with van der Waals surface area (Å²) in [7, 11) is -3.16. The number of pyridine rings is 1. The van der Waals surface area contributed by atoms with Crippen LogP contribution in [-0.4, -0.2) is 43.0 Å². The second kappa shape index (κ2) is 7.63. The Labute approximate surface area is 151 Å². The number of hydrogen-bond donors (Lipinski definition) is 1. The highest BCUT2D eigenvalue weighted by Crippen LogP contribution is 2.23. The van der Waals surface area contributed by atoms with Gasteiger partial charge in [-0.15, -0.1) is 11.3 Å². The Bertz CT molecular complexity index is 827. The van der Waals surface area contributed by atoms with E-state index in [-0.39, 0.29) is 11.8 Å². The van der Waals surface area contributed by atoms with Gasteiger partial charge in [0, 0.05) is 31.7 Å². The van der Waals surface area contributed by atoms with Gasteiger partial charge in [0.1, 0.15) is 0 Å². The Morgan fingerprint density at radius 2 is 2.12 bits per heavy atom. The smallest absolute Gasteiger partial charge is 0.223 e. The van der Waals surface area contributed by atoms with Crippen LogP contribution < -0.4 is 5.32 Å². The monoisotopic (exact) mass is 379 g/mol. The number of rotatable bonds is 5. The molecule has 0 atom stereocenters. The van der Waals surface area contributed by atoms with Crippen LogP contribution in [0.25, 0.3) is 10.6 Å². The third-order valence-corrected chi connectivity index (χ3v) is 6.55. The number of aromatic nitrogens is 1. The van der Waals surface area contributed by atoms with Gasteiger partial charge in [0.2, 0.25) is 15.9 Å². The van der Waals surface area contributed by atoms with E-state index in [1.807, 2.05) is 29.6 Å². The predicted molar refractivity (Wildman–Crippen MR) is 98.5 cm³/mol. The van der Waals surface area contributed by atoms with Gasteiger partial charge in [-0.1, -0.05) is 6.07 Å². The number of carbonyl (C=O) groups excluding carboxylic acids is 1. The largest absolute Gasteiger partial charge is 0.352 e. The minimum absolute atomic E-state index is 0.0114. The first kappa shape index (κ1) is 18.0. The van der Waals surface area contributed by atoms with Crippen molar-refractivity contribution in [2.75, 3.05) is 19.3 Å². The number of thiophene rings is 1. The fraction of sp³-hybridized carbons (Fsp3) is 0.412. The molecule has 0 radical (unpaired) electrons. The predicted octanol–water partition coefficient (Wildman–Crippen LogP) is 2.10. The molecule has 0 aromatic carbocycles. The number of nitrogens with one attached hydrogen (secondary N) is 1. The van der Waals surface area contributed by atoms with Gasteiger partial charge < -0.3 is 5.32 Å². The van der Waals surface area contributed by atoms with Crippen LogP contribution in [0.2, 0.25) is 0 Å². The number of sulfonamides is 1. The lowest BCUT2D eigenvalue weighted by Gasteiger charge is -2.29. The molecule has 1 amide bonds. The quantitative estimate of drug-likeness (QED) is 0.863. The van der Waals surface area contributed by atoms with E-state index in [0.717, 1.165) is 16.1 Å². The summed E-state index contributed by atoms with van der Waals surface area (Å²) in [4.78, 5) is 17.8. The molecule has 8 heteroatoms. The molecule has 25 heavy (non-hydrogen) atoms. The van der Waals surface area contributed by atoms with Crippen molar-refractivity contribution in [1.29, 1.82) is 0 Å². The minimum atomic E-state index is -3.16. The molecule has 1 fully saturated rings. The molecule has 134 valence electrons. The van der Waals surface area contributed by atoms with Gasteiger partial charge in [0.05, 0.1) is 16.8 Å². The van der Waals surface area contributed by atoms with Crippen LogP contribution >= 0.6 is 11.3 Å². The van der Waals surface area contributed by atoms with Crippen molar-refractivity contribution in [1.82, 2.24) is 14.6 Å². The Balaban J connectivity index is 1.54. The van der Waals surface area contributed by atoms with Crippen LogP contribution in [0.3, 0.4) is 0 Å². The average molecular weight is 380 g/mol. The van der Waals surface area contributed by atoms with E-state index in [1.165, 1.54) is 10.6 Å². The van der Waals surface area contributed by atoms with Crippen LogP contribution in [0.5, 0.6) is 0 Å². The zero-order chi connectivity index (χ0) is 17.9. The number of piperidine rings is 1. The van der Waals surface area contributed by atoms with Gasteiger partial charge in [0.15, 0.2) is 0 Å². The van der Waals surface area contributed by atoms with Crippen molar-refractivity contribution in [3.63, 3.8) is 0 Å². The van der Waals surface area contributed by atoms with Gasteiger partial charge in [-0.05, 0) is 42.0 Å². The fourth-order valence-electron chi connectivity index (χ4n) is 2.93. The molecule has 2 aromatic heterocycles. The van der Waals surface area contributed by atoms with E-state index >= 15 is 0 Å². The highest BCUT2D eigenvalue weighted by Gasteiger charge is 2.28. The summed E-state index contributed by atoms with van der Waals surface area (Å²) in [5, 5.41) is 4.97. The molecule has 1 saturated heterocycles. The van der Waals surface area contributed by atoms with Gasteiger partial charge in [-0.25, -0.2) is 12.7 Å². The summed E-state index contributed by atoms with van der Waals surface area (Å²) in [6.07, 6.45) is 4.09. The molecule has 1 aliphatic rings. The van der Waals surface area contributed by atoms with E-state index in [4.69, 9.17) is 0 Å². The molecule has 0 aliphatic carbocycles. The number of amides is 1. The van der Waals surface area contributed by atoms with Crippen molar-refractivity contribution in [2.24, 2.45) is 5.92 Å². The molecule has 0 spiro atoms. The van der Waals surface area contributed by atoms with E-state index in [2.05, 4.69) is 10.3 Å². The third-order valence-electron chi connectivity index (χ3n) is 4.36. The molecule has 1 aliphatic heterocycles. The van der Waals surface area contributed by atoms with Crippen LogP contribution in [0.4, 0.5) is 0 Å². The minimum Gasteiger partial charge on any atom is -0.352 e. The molecule has 3 rings (SSSR count). The lowest BCUT2D eigenvalue weighted by atomic mass is 9.97. The summed E-state index contributed by atoms with van der Waals surface area (Å²) < 4.78 is 24.5. The summed E-state index contributed by atoms with van der Waals surface area (Å²) in [6.45, 7) is 1.27. The molecule has 0 bridgehead atoms. The van der Waals surface area contributed by atoms with Crippen molar-refractivity contribution < 1.29 is 13.2 Å². The first-order valence-electron chi connectivity index (χ1n) is 8.15. The Hall–Kier alpha value is -1.77. The SMILES string of the molecule is CS(=O)(=O)N1CCC(C(=O)NCc2ccnc(-c3cccs3)c2)CC1. The number of hydrogen-bond acceptors (Lipinski definition) is 5. The Morgan fingerprint density at radius 1 is 1.36 bits per heavy atom. The van der Waals surface area contributed by atoms with Gasteiger partial charge in [-0.3, -0.25) is 9.78 Å². The van der Waals surface area contributed by atoms with E-state index in [0.29, 0.717) is 32.5 Å². The Kier molecular flexibility index (Phi) is 5.51. The maximum atomic E-state index is 12.3. The van der Waals surface area contributed by atoms with Crippen molar-refractivity contribution in [3.8, 4) is 10.6 Å². The first-order chi connectivity index (χ1) is 11.9. The zero-order valence-corrected chi connectivity index (χ0v) is 15.6. The lowest BCUT2D eigenvalue weighted by molar-refractivity contribution is -0.126. The first-order valence-corrected chi connectivity index (χ1v) is 10.9. The van der Waals surface area contributed by atoms with Crippen LogP contribution in [0, 0.1) is 5.92 Å². The average Bonchev–Trinajstić information content (AvgIpc) is 3.14. The van der Waals surface area contributed by atoms with Gasteiger partial charge in [0.25, 0.3) is 0 Å². The third kappa shape index (κ3) is 4.65. The van der Waals surface area contributed by atoms with Gasteiger partial charge in [-0.2, -0.15) is 0 Å². The van der Waals surface area contributed by atoms with E-state index in [1.54, 1.807) is 17.5 Å². The maximum Gasteiger partial charge on any atom is 0.223 e. The zero-order valence-electron chi connectivity index (χ0n) is 14.0. The highest BCUT2D eigenvalue weighted by atomic mass is 32.2. The summed E-state index contributed by atoms with van der Waals surface area (Å²) in [5.74, 6) is -0.140. The lowest BCUT2D eigenvalue weighted by Crippen LogP contribution is -2.42. The molecule has 0 saturated carbocycles. The topological polar surface area (TPSA) is 79.4 Å². The highest BCUT2D eigenvalue weighted by molar-refractivity contribution is 7.88. The number of nitrogens with zero attached hydrogens (tertiary/aromatic N) is 2. The molecule has 0 unspecified atom stereocenters. The van der Waals surface area contributed by atoms with Crippen molar-refractivity contribution >= 4 is 27.3 Å². The van der Waals surface area contributed by atoms with Gasteiger partial charge >= 0.3 is 0 Å². The molecule has 6 nitrogen and oxygen atoms in total. The molecule has 3 heterocycles. The standard InChI is InChI=1S/C17H21N3O3S2/c1-25(22,23)20-8-5-14(6-9-20)17(21)19-12-13-4-7-18-15(11-13)16-3-2-10-24-16/h2-4,7,10-11,14H,5-6,8-9,12H2,1H3,(H,19,21). The second-order valence-corrected chi connectivity index (χ2v) is 9.11. The Morgan fingerprint density at radius 3 is 2.76 bits per heavy atom. The fourth-order valence-corrected chi connectivity index (χ4v) is 4.49. The summed E-state index contributed by atoms with van der Waals surface area (Å²) in [5.41, 5.74) is 1.91. The van der Waals surface area contributed by atoms with E-state index in [9.17, 15) is 13.2 Å². The molecule has 1 N–H and O–H groups in total. The van der Waals surface area contributed by atoms with Crippen LogP contribution in [0.1, 0.15) is 18.4 Å². The second-order valence-electron chi connectivity index (χ2n) is 6.18. The van der Waals surface area contributed by atoms with Crippen molar-refractivity contribution in [3.05, 3.63) is 41.4 Å². The summed E-state index contributed by atoms with van der Waals surface area (Å²) in [6, 6.07) is 7.88. The maximum absolute atomic E-state index is 12.3. The molecule has 2 aromatic rings. The molecular weight excluding hydrogens is 358 g/mol.